The van der Waals surface area contributed by atoms with E-state index >= 15 is 0 Å². The molecule has 1 aromatic carbocycles. The van der Waals surface area contributed by atoms with Crippen molar-refractivity contribution in [1.82, 2.24) is 9.88 Å². The zero-order valence-electron chi connectivity index (χ0n) is 14.5. The third kappa shape index (κ3) is 5.40. The summed E-state index contributed by atoms with van der Waals surface area (Å²) < 4.78 is 0. The molecule has 0 atom stereocenters. The zero-order chi connectivity index (χ0) is 17.5. The second-order valence-electron chi connectivity index (χ2n) is 5.87. The van der Waals surface area contributed by atoms with Crippen molar-refractivity contribution in [3.63, 3.8) is 0 Å². The van der Waals surface area contributed by atoms with Crippen molar-refractivity contribution in [3.05, 3.63) is 45.4 Å². The maximum absolute atomic E-state index is 12.2. The van der Waals surface area contributed by atoms with E-state index in [-0.39, 0.29) is 18.9 Å². The molecule has 2 rings (SSSR count). The van der Waals surface area contributed by atoms with Gasteiger partial charge in [-0.15, -0.1) is 11.3 Å². The Morgan fingerprint density at radius 2 is 2.17 bits per heavy atom. The number of aryl methyl sites for hydroxylation is 2. The summed E-state index contributed by atoms with van der Waals surface area (Å²) in [6.45, 7) is 8.39. The van der Waals surface area contributed by atoms with Crippen molar-refractivity contribution in [2.45, 2.75) is 33.7 Å². The Balaban J connectivity index is 1.94. The van der Waals surface area contributed by atoms with Gasteiger partial charge in [-0.2, -0.15) is 0 Å². The van der Waals surface area contributed by atoms with Crippen molar-refractivity contribution in [2.24, 2.45) is 0 Å². The van der Waals surface area contributed by atoms with Gasteiger partial charge in [-0.25, -0.2) is 4.98 Å². The molecule has 0 fully saturated rings. The van der Waals surface area contributed by atoms with E-state index in [1.165, 1.54) is 11.3 Å². The fourth-order valence-electron chi connectivity index (χ4n) is 2.42. The van der Waals surface area contributed by atoms with Crippen LogP contribution in [-0.2, 0) is 17.8 Å². The predicted octanol–water partition coefficient (Wildman–Crippen LogP) is 2.76. The first-order valence-electron chi connectivity index (χ1n) is 8.15. The largest absolute Gasteiger partial charge is 0.395 e. The Kier molecular flexibility index (Phi) is 6.90. The van der Waals surface area contributed by atoms with E-state index in [0.717, 1.165) is 34.1 Å². The number of hydrogen-bond acceptors (Lipinski definition) is 5. The fraction of sp³-hybridized carbons (Fsp3) is 0.444. The number of aromatic nitrogens is 1. The Morgan fingerprint density at radius 1 is 1.38 bits per heavy atom. The number of hydrogen-bond donors (Lipinski definition) is 2. The molecule has 0 saturated heterocycles. The lowest BCUT2D eigenvalue weighted by molar-refractivity contribution is -0.115. The van der Waals surface area contributed by atoms with Crippen LogP contribution in [0.25, 0.3) is 0 Å². The average molecular weight is 347 g/mol. The molecule has 0 aliphatic heterocycles. The number of carbonyl (C=O) groups excluding carboxylic acids is 1. The topological polar surface area (TPSA) is 65.5 Å². The Morgan fingerprint density at radius 3 is 2.88 bits per heavy atom. The third-order valence-corrected chi connectivity index (χ3v) is 4.72. The normalized spacial score (nSPS) is 11.0. The quantitative estimate of drug-likeness (QED) is 0.771. The van der Waals surface area contributed by atoms with Crippen LogP contribution in [-0.4, -0.2) is 40.6 Å². The number of anilines is 1. The standard InChI is InChI=1S/C18H25N3O2S/c1-4-21(7-8-22)11-15-12-24-18(19-15)10-17(23)20-16-9-13(2)5-6-14(16)3/h5-6,9,12,22H,4,7-8,10-11H2,1-3H3,(H,20,23). The molecule has 0 aliphatic rings. The molecule has 0 unspecified atom stereocenters. The third-order valence-electron chi connectivity index (χ3n) is 3.83. The lowest BCUT2D eigenvalue weighted by Crippen LogP contribution is -2.26. The van der Waals surface area contributed by atoms with Crippen LogP contribution in [0, 0.1) is 13.8 Å². The molecule has 0 saturated carbocycles. The van der Waals surface area contributed by atoms with Gasteiger partial charge in [0, 0.05) is 24.2 Å². The highest BCUT2D eigenvalue weighted by Crippen LogP contribution is 2.18. The number of nitrogens with zero attached hydrogens (tertiary/aromatic N) is 2. The Hall–Kier alpha value is -1.76. The minimum atomic E-state index is -0.0488. The molecule has 2 N–H and O–H groups in total. The number of nitrogens with one attached hydrogen (secondary N) is 1. The Labute approximate surface area is 147 Å². The van der Waals surface area contributed by atoms with Gasteiger partial charge in [-0.1, -0.05) is 19.1 Å². The first kappa shape index (κ1) is 18.6. The van der Waals surface area contributed by atoms with Gasteiger partial charge < -0.3 is 10.4 Å². The van der Waals surface area contributed by atoms with Crippen molar-refractivity contribution >= 4 is 22.9 Å². The van der Waals surface area contributed by atoms with Crippen molar-refractivity contribution in [3.8, 4) is 0 Å². The summed E-state index contributed by atoms with van der Waals surface area (Å²) in [5.74, 6) is -0.0488. The van der Waals surface area contributed by atoms with Crippen LogP contribution in [0.15, 0.2) is 23.6 Å². The lowest BCUT2D eigenvalue weighted by Gasteiger charge is -2.17. The van der Waals surface area contributed by atoms with Gasteiger partial charge >= 0.3 is 0 Å². The van der Waals surface area contributed by atoms with E-state index in [4.69, 9.17) is 5.11 Å². The van der Waals surface area contributed by atoms with E-state index in [9.17, 15) is 4.79 Å². The summed E-state index contributed by atoms with van der Waals surface area (Å²) in [4.78, 5) is 18.9. The van der Waals surface area contributed by atoms with Crippen LogP contribution in [0.5, 0.6) is 0 Å². The van der Waals surface area contributed by atoms with Crippen LogP contribution in [0.1, 0.15) is 28.8 Å². The molecule has 5 nitrogen and oxygen atoms in total. The number of rotatable bonds is 8. The number of carbonyl (C=O) groups is 1. The zero-order valence-corrected chi connectivity index (χ0v) is 15.3. The molecule has 130 valence electrons. The number of likely N-dealkylation sites (N-methyl/N-ethyl adjacent to an activating group) is 1. The maximum Gasteiger partial charge on any atom is 0.231 e. The summed E-state index contributed by atoms with van der Waals surface area (Å²) in [7, 11) is 0. The molecule has 0 bridgehead atoms. The molecule has 1 heterocycles. The molecule has 1 aromatic heterocycles. The van der Waals surface area contributed by atoms with Gasteiger partial charge in [0.25, 0.3) is 0 Å². The van der Waals surface area contributed by atoms with Crippen molar-refractivity contribution in [1.29, 1.82) is 0 Å². The monoisotopic (exact) mass is 347 g/mol. The summed E-state index contributed by atoms with van der Waals surface area (Å²) in [5.41, 5.74) is 3.98. The first-order chi connectivity index (χ1) is 11.5. The predicted molar refractivity (Wildman–Crippen MR) is 98.4 cm³/mol. The van der Waals surface area contributed by atoms with Crippen LogP contribution in [0.3, 0.4) is 0 Å². The van der Waals surface area contributed by atoms with E-state index < -0.39 is 0 Å². The van der Waals surface area contributed by atoms with E-state index in [1.54, 1.807) is 0 Å². The van der Waals surface area contributed by atoms with Gasteiger partial charge in [0.15, 0.2) is 0 Å². The molecule has 2 aromatic rings. The van der Waals surface area contributed by atoms with Gasteiger partial charge in [0.1, 0.15) is 5.01 Å². The number of thiazole rings is 1. The molecule has 6 heteroatoms. The minimum absolute atomic E-state index is 0.0488. The summed E-state index contributed by atoms with van der Waals surface area (Å²) in [5, 5.41) is 14.8. The minimum Gasteiger partial charge on any atom is -0.395 e. The van der Waals surface area contributed by atoms with Crippen LogP contribution in [0.2, 0.25) is 0 Å². The van der Waals surface area contributed by atoms with Crippen LogP contribution < -0.4 is 5.32 Å². The number of amides is 1. The SMILES string of the molecule is CCN(CCO)Cc1csc(CC(=O)Nc2cc(C)ccc2C)n1. The summed E-state index contributed by atoms with van der Waals surface area (Å²) in [6.07, 6.45) is 0.282. The van der Waals surface area contributed by atoms with E-state index in [2.05, 4.69) is 22.1 Å². The molecule has 0 aliphatic carbocycles. The van der Waals surface area contributed by atoms with Crippen LogP contribution >= 0.6 is 11.3 Å². The number of aliphatic hydroxyl groups is 1. The number of benzene rings is 1. The smallest absolute Gasteiger partial charge is 0.231 e. The highest BCUT2D eigenvalue weighted by atomic mass is 32.1. The molecule has 24 heavy (non-hydrogen) atoms. The van der Waals surface area contributed by atoms with Gasteiger partial charge in [0.2, 0.25) is 5.91 Å². The average Bonchev–Trinajstić information content (AvgIpc) is 2.97. The molecular formula is C18H25N3O2S. The highest BCUT2D eigenvalue weighted by molar-refractivity contribution is 7.09. The molecular weight excluding hydrogens is 322 g/mol. The molecule has 1 amide bonds. The molecule has 0 radical (unpaired) electrons. The van der Waals surface area contributed by atoms with Crippen molar-refractivity contribution < 1.29 is 9.90 Å². The fourth-order valence-corrected chi connectivity index (χ4v) is 3.21. The maximum atomic E-state index is 12.2. The van der Waals surface area contributed by atoms with Gasteiger partial charge in [-0.05, 0) is 37.6 Å². The summed E-state index contributed by atoms with van der Waals surface area (Å²) >= 11 is 1.51. The lowest BCUT2D eigenvalue weighted by atomic mass is 10.1. The second kappa shape index (κ2) is 8.92. The first-order valence-corrected chi connectivity index (χ1v) is 9.03. The molecule has 0 spiro atoms. The van der Waals surface area contributed by atoms with E-state index in [0.29, 0.717) is 13.1 Å². The van der Waals surface area contributed by atoms with Crippen LogP contribution in [0.4, 0.5) is 5.69 Å². The van der Waals surface area contributed by atoms with Gasteiger partial charge in [0.05, 0.1) is 18.7 Å². The highest BCUT2D eigenvalue weighted by Gasteiger charge is 2.11. The summed E-state index contributed by atoms with van der Waals surface area (Å²) in [6, 6.07) is 6.02. The number of aliphatic hydroxyl groups excluding tert-OH is 1. The van der Waals surface area contributed by atoms with Crippen molar-refractivity contribution in [2.75, 3.05) is 25.0 Å². The van der Waals surface area contributed by atoms with Gasteiger partial charge in [-0.3, -0.25) is 9.69 Å². The second-order valence-corrected chi connectivity index (χ2v) is 6.81. The van der Waals surface area contributed by atoms with E-state index in [1.807, 2.05) is 37.4 Å². The Bertz CT molecular complexity index is 685.